The number of hydrogen-bond acceptors (Lipinski definition) is 7. The molecular formula is C33H40ClN3O5. The maximum absolute atomic E-state index is 13.3. The average Bonchev–Trinajstić information content (AvgIpc) is 2.99. The molecule has 1 aliphatic heterocycles. The Morgan fingerprint density at radius 2 is 1.71 bits per heavy atom. The molecule has 0 bridgehead atoms. The minimum Gasteiger partial charge on any atom is -0.490 e. The number of rotatable bonds is 5. The van der Waals surface area contributed by atoms with E-state index in [-0.39, 0.29) is 12.0 Å². The van der Waals surface area contributed by atoms with Gasteiger partial charge in [0.1, 0.15) is 18.6 Å². The van der Waals surface area contributed by atoms with Crippen molar-refractivity contribution in [3.05, 3.63) is 100 Å². The lowest BCUT2D eigenvalue weighted by Gasteiger charge is -2.23. The highest BCUT2D eigenvalue weighted by molar-refractivity contribution is 6.37. The number of aldehydes is 1. The molecule has 0 spiro atoms. The highest BCUT2D eigenvalue weighted by atomic mass is 35.5. The number of nitrogens with one attached hydrogen (secondary N) is 1. The summed E-state index contributed by atoms with van der Waals surface area (Å²) in [7, 11) is 2.70. The van der Waals surface area contributed by atoms with Gasteiger partial charge in [-0.1, -0.05) is 23.7 Å². The Morgan fingerprint density at radius 3 is 2.33 bits per heavy atom. The molecule has 1 aliphatic rings. The lowest BCUT2D eigenvalue weighted by atomic mass is 9.93. The molecule has 0 fully saturated rings. The molecule has 0 amide bonds. The highest BCUT2D eigenvalue weighted by Crippen LogP contribution is 2.44. The molecule has 3 N–H and O–H groups in total. The van der Waals surface area contributed by atoms with Crippen LogP contribution >= 0.6 is 11.6 Å². The van der Waals surface area contributed by atoms with Gasteiger partial charge in [0, 0.05) is 61.7 Å². The zero-order valence-electron chi connectivity index (χ0n) is 24.9. The predicted octanol–water partition coefficient (Wildman–Crippen LogP) is 5.58. The van der Waals surface area contributed by atoms with Crippen LogP contribution < -0.4 is 15.6 Å². The fourth-order valence-corrected chi connectivity index (χ4v) is 4.77. The number of ether oxygens (including phenoxy) is 1. The van der Waals surface area contributed by atoms with Crippen LogP contribution in [0.25, 0.3) is 21.9 Å². The van der Waals surface area contributed by atoms with Gasteiger partial charge in [0.25, 0.3) is 5.56 Å². The van der Waals surface area contributed by atoms with Crippen molar-refractivity contribution in [2.75, 3.05) is 25.6 Å². The summed E-state index contributed by atoms with van der Waals surface area (Å²) in [5.41, 5.74) is 4.39. The zero-order valence-corrected chi connectivity index (χ0v) is 25.7. The van der Waals surface area contributed by atoms with Crippen LogP contribution in [0.1, 0.15) is 37.6 Å². The van der Waals surface area contributed by atoms with Crippen molar-refractivity contribution in [1.82, 2.24) is 9.55 Å². The number of aliphatic hydroxyl groups is 2. The van der Waals surface area contributed by atoms with Gasteiger partial charge in [-0.15, -0.1) is 13.2 Å². The number of aliphatic hydroxyl groups excluding tert-OH is 1. The maximum Gasteiger partial charge on any atom is 0.258 e. The van der Waals surface area contributed by atoms with Crippen molar-refractivity contribution in [1.29, 1.82) is 0 Å². The Bertz CT molecular complexity index is 1540. The van der Waals surface area contributed by atoms with Crippen molar-refractivity contribution < 1.29 is 19.7 Å². The first-order valence-corrected chi connectivity index (χ1v) is 13.8. The van der Waals surface area contributed by atoms with Crippen LogP contribution in [0.5, 0.6) is 5.75 Å². The summed E-state index contributed by atoms with van der Waals surface area (Å²) in [5.74, 6) is 0.695. The lowest BCUT2D eigenvalue weighted by molar-refractivity contribution is -0.107. The third-order valence-corrected chi connectivity index (χ3v) is 6.44. The van der Waals surface area contributed by atoms with Gasteiger partial charge >= 0.3 is 0 Å². The number of carbonyl (C=O) groups is 1. The lowest BCUT2D eigenvalue weighted by Crippen LogP contribution is -2.23. The van der Waals surface area contributed by atoms with Crippen LogP contribution in [0, 0.1) is 0 Å². The third kappa shape index (κ3) is 8.52. The molecular weight excluding hydrogens is 554 g/mol. The van der Waals surface area contributed by atoms with Crippen molar-refractivity contribution in [3.63, 3.8) is 0 Å². The van der Waals surface area contributed by atoms with Crippen LogP contribution in [0.2, 0.25) is 5.02 Å². The van der Waals surface area contributed by atoms with E-state index in [0.29, 0.717) is 41.4 Å². The molecule has 224 valence electrons. The molecule has 9 heteroatoms. The standard InChI is InChI=1S/C26H22ClN3O3.C4H10O.C2H4.CH4O/c1-30-21(8-12-31)23(19-4-5-22-25(24(19)27)29-11-13-33-22)18-3-2-17(15-20(18)26(30)32)14-16-6-9-28-10-7-16;1-4(2,3)5;2*1-2/h2-7,9-10,12,15,29H,8,11,13-14H2,1H3;5H,1-3H3;1-2H2;2H,1H3. The third-order valence-electron chi connectivity index (χ3n) is 6.05. The topological polar surface area (TPSA) is 114 Å². The van der Waals surface area contributed by atoms with Crippen LogP contribution in [0.15, 0.2) is 72.8 Å². The summed E-state index contributed by atoms with van der Waals surface area (Å²) in [6.45, 7) is 12.5. The Morgan fingerprint density at radius 1 is 1.07 bits per heavy atom. The smallest absolute Gasteiger partial charge is 0.258 e. The van der Waals surface area contributed by atoms with Gasteiger partial charge in [0.05, 0.1) is 16.3 Å². The van der Waals surface area contributed by atoms with Crippen LogP contribution in [0.4, 0.5) is 5.69 Å². The molecule has 2 aromatic carbocycles. The van der Waals surface area contributed by atoms with E-state index in [9.17, 15) is 9.59 Å². The van der Waals surface area contributed by atoms with E-state index in [1.165, 1.54) is 0 Å². The summed E-state index contributed by atoms with van der Waals surface area (Å²) in [6, 6.07) is 13.6. The molecule has 8 nitrogen and oxygen atoms in total. The van der Waals surface area contributed by atoms with Gasteiger partial charge in [-0.25, -0.2) is 0 Å². The Labute approximate surface area is 252 Å². The van der Waals surface area contributed by atoms with Crippen molar-refractivity contribution >= 4 is 34.3 Å². The number of benzene rings is 2. The maximum atomic E-state index is 13.3. The molecule has 5 rings (SSSR count). The number of carbonyl (C=O) groups excluding carboxylic acids is 1. The summed E-state index contributed by atoms with van der Waals surface area (Å²) in [6.07, 6.45) is 5.13. The van der Waals surface area contributed by atoms with Gasteiger partial charge in [-0.3, -0.25) is 9.78 Å². The minimum atomic E-state index is -0.500. The van der Waals surface area contributed by atoms with Gasteiger partial charge < -0.3 is 29.6 Å². The van der Waals surface area contributed by atoms with E-state index in [2.05, 4.69) is 23.5 Å². The molecule has 0 aliphatic carbocycles. The molecule has 42 heavy (non-hydrogen) atoms. The van der Waals surface area contributed by atoms with Crippen molar-refractivity contribution in [3.8, 4) is 16.9 Å². The van der Waals surface area contributed by atoms with Gasteiger partial charge in [-0.05, 0) is 74.0 Å². The molecule has 0 unspecified atom stereocenters. The number of hydrogen-bond donors (Lipinski definition) is 3. The summed E-state index contributed by atoms with van der Waals surface area (Å²) in [5, 5.41) is 20.7. The second kappa shape index (κ2) is 15.9. The molecule has 2 aromatic heterocycles. The van der Waals surface area contributed by atoms with E-state index in [4.69, 9.17) is 26.6 Å². The van der Waals surface area contributed by atoms with Crippen molar-refractivity contribution in [2.24, 2.45) is 7.05 Å². The quantitative estimate of drug-likeness (QED) is 0.204. The first kappa shape index (κ1) is 34.2. The molecule has 0 saturated carbocycles. The number of pyridine rings is 2. The van der Waals surface area contributed by atoms with E-state index in [0.717, 1.165) is 46.7 Å². The Hall–Kier alpha value is -3.98. The molecule has 0 atom stereocenters. The fraction of sp³-hybridized carbons (Fsp3) is 0.303. The summed E-state index contributed by atoms with van der Waals surface area (Å²) < 4.78 is 7.27. The van der Waals surface area contributed by atoms with E-state index >= 15 is 0 Å². The number of anilines is 1. The summed E-state index contributed by atoms with van der Waals surface area (Å²) in [4.78, 5) is 28.9. The monoisotopic (exact) mass is 593 g/mol. The zero-order chi connectivity index (χ0) is 31.4. The second-order valence-corrected chi connectivity index (χ2v) is 10.6. The Kier molecular flexibility index (Phi) is 12.9. The van der Waals surface area contributed by atoms with E-state index in [1.54, 1.807) is 44.8 Å². The first-order valence-electron chi connectivity index (χ1n) is 13.4. The first-order chi connectivity index (χ1) is 20.1. The highest BCUT2D eigenvalue weighted by Gasteiger charge is 2.22. The average molecular weight is 594 g/mol. The van der Waals surface area contributed by atoms with E-state index in [1.807, 2.05) is 42.5 Å². The Balaban J connectivity index is 0.000000612. The summed E-state index contributed by atoms with van der Waals surface area (Å²) >= 11 is 6.84. The molecule has 4 aromatic rings. The molecule has 0 radical (unpaired) electrons. The van der Waals surface area contributed by atoms with Crippen LogP contribution in [0.3, 0.4) is 0 Å². The van der Waals surface area contributed by atoms with E-state index < -0.39 is 5.60 Å². The normalized spacial score (nSPS) is 11.6. The minimum absolute atomic E-state index is 0.104. The number of nitrogens with zero attached hydrogens (tertiary/aromatic N) is 2. The second-order valence-electron chi connectivity index (χ2n) is 10.2. The van der Waals surface area contributed by atoms with Crippen molar-refractivity contribution in [2.45, 2.75) is 39.2 Å². The predicted molar refractivity (Wildman–Crippen MR) is 172 cm³/mol. The van der Waals surface area contributed by atoms with Crippen LogP contribution in [-0.2, 0) is 24.7 Å². The number of fused-ring (bicyclic) bond motifs is 2. The SMILES string of the molecule is C=C.CC(C)(C)O.CO.Cn1c(CC=O)c(-c2ccc3c(c2Cl)NCCO3)c2ccc(Cc3ccncc3)cc2c1=O. The molecule has 3 heterocycles. The van der Waals surface area contributed by atoms with Gasteiger partial charge in [0.2, 0.25) is 0 Å². The van der Waals surface area contributed by atoms with Gasteiger partial charge in [-0.2, -0.15) is 0 Å². The molecule has 0 saturated heterocycles. The number of halogens is 1. The van der Waals surface area contributed by atoms with Gasteiger partial charge in [0.15, 0.2) is 0 Å². The van der Waals surface area contributed by atoms with Crippen LogP contribution in [-0.4, -0.2) is 51.9 Å². The number of aromatic nitrogens is 2. The fourth-order valence-electron chi connectivity index (χ4n) is 4.45. The largest absolute Gasteiger partial charge is 0.490 e.